The Labute approximate surface area is 77.9 Å². The van der Waals surface area contributed by atoms with Gasteiger partial charge in [0.25, 0.3) is 0 Å². The van der Waals surface area contributed by atoms with Crippen LogP contribution in [0.2, 0.25) is 0 Å². The standard InChI is InChI=1S/C10H10O.CH2O/c1-9(11)7-8-10-5-3-2-4-6-10;1-2/h2-8H,1H3;1H2. The predicted octanol–water partition coefficient (Wildman–Crippen LogP) is 2.10. The smallest absolute Gasteiger partial charge is 0.152 e. The van der Waals surface area contributed by atoms with Gasteiger partial charge < -0.3 is 4.79 Å². The molecule has 0 saturated carbocycles. The third-order valence-electron chi connectivity index (χ3n) is 1.31. The van der Waals surface area contributed by atoms with Crippen molar-refractivity contribution in [2.75, 3.05) is 0 Å². The Morgan fingerprint density at radius 1 is 1.23 bits per heavy atom. The van der Waals surface area contributed by atoms with Crippen molar-refractivity contribution in [2.45, 2.75) is 6.92 Å². The SMILES string of the molecule is C=O.CC(=O)C=Cc1ccccc1. The Bertz CT molecular complexity index is 275. The van der Waals surface area contributed by atoms with Crippen LogP contribution in [0.3, 0.4) is 0 Å². The molecule has 2 heteroatoms. The molecule has 1 rings (SSSR count). The molecule has 0 saturated heterocycles. The average Bonchev–Trinajstić information content (AvgIpc) is 2.19. The second-order valence-corrected chi connectivity index (χ2v) is 2.35. The van der Waals surface area contributed by atoms with E-state index in [1.54, 1.807) is 13.0 Å². The normalized spacial score (nSPS) is 9.00. The van der Waals surface area contributed by atoms with Crippen LogP contribution in [-0.2, 0) is 9.59 Å². The first-order valence-corrected chi connectivity index (χ1v) is 3.81. The second-order valence-electron chi connectivity index (χ2n) is 2.35. The van der Waals surface area contributed by atoms with Gasteiger partial charge in [0.2, 0.25) is 0 Å². The molecule has 13 heavy (non-hydrogen) atoms. The highest BCUT2D eigenvalue weighted by Crippen LogP contribution is 2.00. The molecule has 2 nitrogen and oxygen atoms in total. The third kappa shape index (κ3) is 5.56. The lowest BCUT2D eigenvalue weighted by Crippen LogP contribution is -1.79. The highest BCUT2D eigenvalue weighted by atomic mass is 16.1. The number of hydrogen-bond acceptors (Lipinski definition) is 2. The van der Waals surface area contributed by atoms with Crippen LogP contribution in [0.15, 0.2) is 36.4 Å². The number of ketones is 1. The summed E-state index contributed by atoms with van der Waals surface area (Å²) in [5, 5.41) is 0. The van der Waals surface area contributed by atoms with Gasteiger partial charge in [-0.1, -0.05) is 36.4 Å². The summed E-state index contributed by atoms with van der Waals surface area (Å²) in [6, 6.07) is 9.75. The summed E-state index contributed by atoms with van der Waals surface area (Å²) in [5.74, 6) is 0.0776. The van der Waals surface area contributed by atoms with Crippen molar-refractivity contribution in [3.05, 3.63) is 42.0 Å². The first kappa shape index (κ1) is 11.3. The summed E-state index contributed by atoms with van der Waals surface area (Å²) in [6.07, 6.45) is 3.37. The van der Waals surface area contributed by atoms with Gasteiger partial charge in [0.05, 0.1) is 0 Å². The van der Waals surface area contributed by atoms with Crippen molar-refractivity contribution in [2.24, 2.45) is 0 Å². The van der Waals surface area contributed by atoms with Crippen molar-refractivity contribution in [3.8, 4) is 0 Å². The van der Waals surface area contributed by atoms with Gasteiger partial charge in [-0.25, -0.2) is 0 Å². The van der Waals surface area contributed by atoms with Crippen molar-refractivity contribution < 1.29 is 9.59 Å². The fourth-order valence-electron chi connectivity index (χ4n) is 0.778. The Hall–Kier alpha value is -1.70. The molecule has 0 spiro atoms. The summed E-state index contributed by atoms with van der Waals surface area (Å²) in [5.41, 5.74) is 1.06. The maximum Gasteiger partial charge on any atom is 0.152 e. The number of rotatable bonds is 2. The van der Waals surface area contributed by atoms with Gasteiger partial charge in [0.15, 0.2) is 5.78 Å². The largest absolute Gasteiger partial charge is 0.307 e. The maximum absolute atomic E-state index is 10.5. The topological polar surface area (TPSA) is 34.1 Å². The lowest BCUT2D eigenvalue weighted by Gasteiger charge is -1.88. The molecular weight excluding hydrogens is 164 g/mol. The minimum atomic E-state index is 0.0776. The molecule has 0 heterocycles. The number of carbonyl (C=O) groups excluding carboxylic acids is 2. The molecule has 0 atom stereocenters. The van der Waals surface area contributed by atoms with Gasteiger partial charge in [0, 0.05) is 0 Å². The number of allylic oxidation sites excluding steroid dienone is 1. The van der Waals surface area contributed by atoms with Crippen LogP contribution >= 0.6 is 0 Å². The van der Waals surface area contributed by atoms with Crippen LogP contribution in [0.5, 0.6) is 0 Å². The predicted molar refractivity (Wildman–Crippen MR) is 53.3 cm³/mol. The highest BCUT2D eigenvalue weighted by Gasteiger charge is 1.83. The van der Waals surface area contributed by atoms with Gasteiger partial charge in [-0.2, -0.15) is 0 Å². The Morgan fingerprint density at radius 3 is 2.23 bits per heavy atom. The summed E-state index contributed by atoms with van der Waals surface area (Å²) >= 11 is 0. The van der Waals surface area contributed by atoms with E-state index in [-0.39, 0.29) is 5.78 Å². The molecule has 0 aliphatic rings. The lowest BCUT2D eigenvalue weighted by molar-refractivity contribution is -0.112. The second kappa shape index (κ2) is 6.98. The zero-order valence-corrected chi connectivity index (χ0v) is 7.57. The van der Waals surface area contributed by atoms with Crippen molar-refractivity contribution in [3.63, 3.8) is 0 Å². The van der Waals surface area contributed by atoms with E-state index in [4.69, 9.17) is 4.79 Å². The molecule has 0 unspecified atom stereocenters. The minimum absolute atomic E-state index is 0.0776. The summed E-state index contributed by atoms with van der Waals surface area (Å²) in [7, 11) is 0. The highest BCUT2D eigenvalue weighted by molar-refractivity contribution is 5.91. The Morgan fingerprint density at radius 2 is 1.77 bits per heavy atom. The van der Waals surface area contributed by atoms with E-state index in [1.165, 1.54) is 0 Å². The zero-order valence-electron chi connectivity index (χ0n) is 7.57. The first-order valence-electron chi connectivity index (χ1n) is 3.81. The fourth-order valence-corrected chi connectivity index (χ4v) is 0.778. The van der Waals surface area contributed by atoms with E-state index in [2.05, 4.69) is 0 Å². The number of carbonyl (C=O) groups is 2. The molecule has 0 aromatic heterocycles. The molecule has 0 N–H and O–H groups in total. The molecule has 0 radical (unpaired) electrons. The fraction of sp³-hybridized carbons (Fsp3) is 0.0909. The molecule has 68 valence electrons. The summed E-state index contributed by atoms with van der Waals surface area (Å²) in [4.78, 5) is 18.5. The van der Waals surface area contributed by atoms with Gasteiger partial charge in [-0.05, 0) is 18.6 Å². The van der Waals surface area contributed by atoms with E-state index in [0.29, 0.717) is 0 Å². The van der Waals surface area contributed by atoms with E-state index in [9.17, 15) is 4.79 Å². The van der Waals surface area contributed by atoms with Crippen molar-refractivity contribution in [1.29, 1.82) is 0 Å². The summed E-state index contributed by atoms with van der Waals surface area (Å²) < 4.78 is 0. The van der Waals surface area contributed by atoms with Crippen LogP contribution in [-0.4, -0.2) is 12.6 Å². The zero-order chi connectivity index (χ0) is 10.1. The summed E-state index contributed by atoms with van der Waals surface area (Å²) in [6.45, 7) is 3.54. The third-order valence-corrected chi connectivity index (χ3v) is 1.31. The molecule has 0 fully saturated rings. The Balaban J connectivity index is 0.000000671. The van der Waals surface area contributed by atoms with E-state index >= 15 is 0 Å². The molecule has 0 bridgehead atoms. The molecule has 0 aliphatic carbocycles. The van der Waals surface area contributed by atoms with Gasteiger partial charge in [0.1, 0.15) is 6.79 Å². The maximum atomic E-state index is 10.5. The monoisotopic (exact) mass is 176 g/mol. The van der Waals surface area contributed by atoms with E-state index in [0.717, 1.165) is 5.56 Å². The molecule has 1 aromatic rings. The van der Waals surface area contributed by atoms with Gasteiger partial charge in [-0.3, -0.25) is 4.79 Å². The van der Waals surface area contributed by atoms with Crippen LogP contribution in [0.1, 0.15) is 12.5 Å². The van der Waals surface area contributed by atoms with E-state index < -0.39 is 0 Å². The van der Waals surface area contributed by atoms with Crippen LogP contribution < -0.4 is 0 Å². The lowest BCUT2D eigenvalue weighted by atomic mass is 10.2. The van der Waals surface area contributed by atoms with Crippen LogP contribution in [0.4, 0.5) is 0 Å². The van der Waals surface area contributed by atoms with Crippen LogP contribution in [0, 0.1) is 0 Å². The van der Waals surface area contributed by atoms with Crippen molar-refractivity contribution in [1.82, 2.24) is 0 Å². The van der Waals surface area contributed by atoms with E-state index in [1.807, 2.05) is 43.2 Å². The molecular formula is C11H12O2. The van der Waals surface area contributed by atoms with Gasteiger partial charge in [-0.15, -0.1) is 0 Å². The number of hydrogen-bond donors (Lipinski definition) is 0. The molecule has 0 aliphatic heterocycles. The van der Waals surface area contributed by atoms with Crippen LogP contribution in [0.25, 0.3) is 6.08 Å². The number of benzene rings is 1. The average molecular weight is 176 g/mol. The molecule has 1 aromatic carbocycles. The van der Waals surface area contributed by atoms with Crippen molar-refractivity contribution >= 4 is 18.6 Å². The first-order chi connectivity index (χ1) is 6.29. The minimum Gasteiger partial charge on any atom is -0.307 e. The Kier molecular flexibility index (Phi) is 6.06. The van der Waals surface area contributed by atoms with Gasteiger partial charge >= 0.3 is 0 Å². The molecule has 0 amide bonds. The quantitative estimate of drug-likeness (QED) is 0.647.